The van der Waals surface area contributed by atoms with E-state index in [4.69, 9.17) is 23.2 Å². The average molecular weight is 275 g/mol. The van der Waals surface area contributed by atoms with Crippen molar-refractivity contribution in [3.8, 4) is 0 Å². The lowest BCUT2D eigenvalue weighted by Crippen LogP contribution is -2.60. The predicted octanol–water partition coefficient (Wildman–Crippen LogP) is 4.50. The molecule has 3 aliphatic carbocycles. The molecule has 1 spiro atoms. The van der Waals surface area contributed by atoms with Crippen LogP contribution in [-0.2, 0) is 4.79 Å². The summed E-state index contributed by atoms with van der Waals surface area (Å²) in [6.45, 7) is 0. The molecule has 0 aromatic rings. The van der Waals surface area contributed by atoms with Crippen LogP contribution in [0.15, 0.2) is 0 Å². The van der Waals surface area contributed by atoms with Crippen LogP contribution in [0, 0.1) is 17.3 Å². The molecule has 3 heteroatoms. The van der Waals surface area contributed by atoms with E-state index in [-0.39, 0.29) is 11.2 Å². The Kier molecular flexibility index (Phi) is 2.99. The van der Waals surface area contributed by atoms with E-state index in [9.17, 15) is 4.79 Å². The van der Waals surface area contributed by atoms with Gasteiger partial charge in [-0.15, -0.1) is 0 Å². The molecule has 0 amide bonds. The Morgan fingerprint density at radius 1 is 1.00 bits per heavy atom. The largest absolute Gasteiger partial charge is 0.296 e. The van der Waals surface area contributed by atoms with Crippen LogP contribution in [-0.4, -0.2) is 10.1 Å². The highest BCUT2D eigenvalue weighted by Crippen LogP contribution is 2.64. The van der Waals surface area contributed by atoms with E-state index >= 15 is 0 Å². The minimum Gasteiger partial charge on any atom is -0.296 e. The highest BCUT2D eigenvalue weighted by Gasteiger charge is 2.65. The number of carbonyl (C=O) groups excluding carboxylic acids is 1. The molecule has 3 aliphatic rings. The van der Waals surface area contributed by atoms with Gasteiger partial charge in [-0.1, -0.05) is 55.3 Å². The summed E-state index contributed by atoms with van der Waals surface area (Å²) in [6, 6.07) is 0. The topological polar surface area (TPSA) is 17.1 Å². The van der Waals surface area contributed by atoms with Crippen LogP contribution in [0.5, 0.6) is 0 Å². The van der Waals surface area contributed by atoms with E-state index in [2.05, 4.69) is 0 Å². The maximum atomic E-state index is 11.6. The standard InChI is InChI=1S/C14H20Cl2O/c15-14(16)12(17)9-13(14)7-10-4-2-1-3-5-11(6-10)8-13/h10-11H,1-9H2/t10-,11+,13?. The first-order valence-electron chi connectivity index (χ1n) is 6.95. The molecule has 3 atom stereocenters. The summed E-state index contributed by atoms with van der Waals surface area (Å²) in [5.74, 6) is 1.58. The van der Waals surface area contributed by atoms with Gasteiger partial charge in [0.1, 0.15) is 0 Å². The van der Waals surface area contributed by atoms with Crippen LogP contribution in [0.1, 0.15) is 57.8 Å². The van der Waals surface area contributed by atoms with Crippen LogP contribution in [0.3, 0.4) is 0 Å². The van der Waals surface area contributed by atoms with Crippen molar-refractivity contribution < 1.29 is 4.79 Å². The van der Waals surface area contributed by atoms with Gasteiger partial charge in [0, 0.05) is 11.8 Å². The first-order chi connectivity index (χ1) is 8.03. The number of halogens is 2. The third-order valence-electron chi connectivity index (χ3n) is 5.27. The van der Waals surface area contributed by atoms with Crippen molar-refractivity contribution in [3.63, 3.8) is 0 Å². The predicted molar refractivity (Wildman–Crippen MR) is 70.4 cm³/mol. The summed E-state index contributed by atoms with van der Waals surface area (Å²) in [5.41, 5.74) is -0.0713. The SMILES string of the molecule is O=C1CC2(C[C@@H]3CCCCC[C@@H](C3)C2)C1(Cl)Cl. The quantitative estimate of drug-likeness (QED) is 0.595. The molecule has 1 unspecified atom stereocenters. The Morgan fingerprint density at radius 3 is 2.06 bits per heavy atom. The second kappa shape index (κ2) is 4.13. The second-order valence-electron chi connectivity index (χ2n) is 6.47. The summed E-state index contributed by atoms with van der Waals surface area (Å²) < 4.78 is -1.07. The molecule has 0 saturated heterocycles. The van der Waals surface area contributed by atoms with Gasteiger partial charge in [-0.25, -0.2) is 0 Å². The Bertz CT molecular complexity index is 323. The minimum atomic E-state index is -1.07. The van der Waals surface area contributed by atoms with Crippen molar-refractivity contribution in [1.29, 1.82) is 0 Å². The summed E-state index contributed by atoms with van der Waals surface area (Å²) in [5, 5.41) is 0. The molecule has 96 valence electrons. The highest BCUT2D eigenvalue weighted by atomic mass is 35.5. The van der Waals surface area contributed by atoms with E-state index in [1.807, 2.05) is 0 Å². The fourth-order valence-corrected chi connectivity index (χ4v) is 5.00. The summed E-state index contributed by atoms with van der Waals surface area (Å²) >= 11 is 12.6. The number of alkyl halides is 2. The number of fused-ring (bicyclic) bond motifs is 2. The lowest BCUT2D eigenvalue weighted by atomic mass is 9.53. The summed E-state index contributed by atoms with van der Waals surface area (Å²) in [4.78, 5) is 11.6. The van der Waals surface area contributed by atoms with E-state index < -0.39 is 4.33 Å². The summed E-state index contributed by atoms with van der Waals surface area (Å²) in [7, 11) is 0. The molecule has 0 aliphatic heterocycles. The molecule has 3 rings (SSSR count). The van der Waals surface area contributed by atoms with Gasteiger partial charge in [-0.05, 0) is 31.1 Å². The highest BCUT2D eigenvalue weighted by molar-refractivity contribution is 6.61. The smallest absolute Gasteiger partial charge is 0.181 e. The lowest BCUT2D eigenvalue weighted by molar-refractivity contribution is -0.139. The molecular weight excluding hydrogens is 255 g/mol. The van der Waals surface area contributed by atoms with Crippen molar-refractivity contribution in [1.82, 2.24) is 0 Å². The van der Waals surface area contributed by atoms with Crippen molar-refractivity contribution in [3.05, 3.63) is 0 Å². The number of carbonyl (C=O) groups is 1. The van der Waals surface area contributed by atoms with Gasteiger partial charge in [0.15, 0.2) is 10.1 Å². The molecule has 3 fully saturated rings. The van der Waals surface area contributed by atoms with Gasteiger partial charge in [0.2, 0.25) is 0 Å². The molecule has 0 heterocycles. The first-order valence-corrected chi connectivity index (χ1v) is 7.70. The zero-order valence-electron chi connectivity index (χ0n) is 10.2. The van der Waals surface area contributed by atoms with Gasteiger partial charge in [-0.3, -0.25) is 4.79 Å². The van der Waals surface area contributed by atoms with Gasteiger partial charge >= 0.3 is 0 Å². The number of rotatable bonds is 0. The second-order valence-corrected chi connectivity index (χ2v) is 7.80. The third kappa shape index (κ3) is 1.85. The number of ketones is 1. The average Bonchev–Trinajstić information content (AvgIpc) is 2.26. The van der Waals surface area contributed by atoms with Gasteiger partial charge in [0.05, 0.1) is 0 Å². The van der Waals surface area contributed by atoms with E-state index in [1.54, 1.807) is 0 Å². The van der Waals surface area contributed by atoms with E-state index in [1.165, 1.54) is 38.5 Å². The van der Waals surface area contributed by atoms with Crippen LogP contribution >= 0.6 is 23.2 Å². The lowest BCUT2D eigenvalue weighted by Gasteiger charge is -2.56. The molecule has 1 nitrogen and oxygen atoms in total. The van der Waals surface area contributed by atoms with Gasteiger partial charge in [0.25, 0.3) is 0 Å². The fourth-order valence-electron chi connectivity index (χ4n) is 4.43. The Balaban J connectivity index is 1.82. The summed E-state index contributed by atoms with van der Waals surface area (Å²) in [6.07, 6.45) is 10.9. The van der Waals surface area contributed by atoms with Crippen molar-refractivity contribution in [2.75, 3.05) is 0 Å². The number of hydrogen-bond donors (Lipinski definition) is 0. The first kappa shape index (κ1) is 12.3. The molecule has 0 aromatic carbocycles. The number of Topliss-reactive ketones (excluding diaryl/α,β-unsaturated/α-hetero) is 1. The zero-order chi connectivity index (χ0) is 12.1. The molecular formula is C14H20Cl2O. The molecule has 2 bridgehead atoms. The molecule has 17 heavy (non-hydrogen) atoms. The van der Waals surface area contributed by atoms with Crippen LogP contribution in [0.4, 0.5) is 0 Å². The third-order valence-corrected chi connectivity index (χ3v) is 6.49. The van der Waals surface area contributed by atoms with E-state index in [0.717, 1.165) is 24.7 Å². The van der Waals surface area contributed by atoms with E-state index in [0.29, 0.717) is 6.42 Å². The maximum Gasteiger partial charge on any atom is 0.181 e. The number of hydrogen-bond acceptors (Lipinski definition) is 1. The Labute approximate surface area is 113 Å². The Morgan fingerprint density at radius 2 is 1.59 bits per heavy atom. The van der Waals surface area contributed by atoms with Gasteiger partial charge < -0.3 is 0 Å². The molecule has 0 N–H and O–H groups in total. The fraction of sp³-hybridized carbons (Fsp3) is 0.929. The van der Waals surface area contributed by atoms with Crippen molar-refractivity contribution >= 4 is 29.0 Å². The van der Waals surface area contributed by atoms with Crippen LogP contribution in [0.2, 0.25) is 0 Å². The molecule has 3 saturated carbocycles. The monoisotopic (exact) mass is 274 g/mol. The van der Waals surface area contributed by atoms with Crippen molar-refractivity contribution in [2.45, 2.75) is 62.1 Å². The maximum absolute atomic E-state index is 11.6. The van der Waals surface area contributed by atoms with Gasteiger partial charge in [-0.2, -0.15) is 0 Å². The van der Waals surface area contributed by atoms with Crippen molar-refractivity contribution in [2.24, 2.45) is 17.3 Å². The zero-order valence-corrected chi connectivity index (χ0v) is 11.7. The van der Waals surface area contributed by atoms with Crippen LogP contribution < -0.4 is 0 Å². The Hall–Kier alpha value is 0.250. The molecule has 0 aromatic heterocycles. The normalized spacial score (nSPS) is 44.9. The molecule has 0 radical (unpaired) electrons. The minimum absolute atomic E-state index is 0.0530. The van der Waals surface area contributed by atoms with Crippen LogP contribution in [0.25, 0.3) is 0 Å².